The molecule has 0 radical (unpaired) electrons. The van der Waals surface area contributed by atoms with Crippen LogP contribution in [0.2, 0.25) is 0 Å². The van der Waals surface area contributed by atoms with Crippen molar-refractivity contribution in [2.75, 3.05) is 13.6 Å². The summed E-state index contributed by atoms with van der Waals surface area (Å²) in [6, 6.07) is 10.9. The van der Waals surface area contributed by atoms with Crippen LogP contribution >= 0.6 is 0 Å². The number of rotatable bonds is 2. The maximum absolute atomic E-state index is 5.76. The van der Waals surface area contributed by atoms with Crippen molar-refractivity contribution in [1.82, 2.24) is 0 Å². The average molecular weight is 258 g/mol. The lowest BCUT2D eigenvalue weighted by molar-refractivity contribution is 0.173. The molecule has 0 spiro atoms. The van der Waals surface area contributed by atoms with E-state index in [-0.39, 0.29) is 13.6 Å². The van der Waals surface area contributed by atoms with E-state index in [1.54, 1.807) is 12.1 Å². The Hall–Kier alpha value is -2.56. The quantitative estimate of drug-likeness (QED) is 0.828. The highest BCUT2D eigenvalue weighted by Gasteiger charge is 2.16. The molecule has 0 saturated carbocycles. The Kier molecular flexibility index (Phi) is 2.17. The zero-order chi connectivity index (χ0) is 12.7. The van der Waals surface area contributed by atoms with Crippen LogP contribution in [-0.2, 0) is 0 Å². The van der Waals surface area contributed by atoms with Gasteiger partial charge in [0.15, 0.2) is 23.0 Å². The number of benzene rings is 2. The first-order valence-electron chi connectivity index (χ1n) is 5.86. The van der Waals surface area contributed by atoms with Gasteiger partial charge in [-0.25, -0.2) is 0 Å². The Balaban J connectivity index is 1.61. The minimum absolute atomic E-state index is 0.253. The van der Waals surface area contributed by atoms with Crippen LogP contribution in [0.1, 0.15) is 0 Å². The fraction of sp³-hybridized carbons (Fsp3) is 0.143. The van der Waals surface area contributed by atoms with Gasteiger partial charge in [0.05, 0.1) is 0 Å². The van der Waals surface area contributed by atoms with Gasteiger partial charge in [-0.1, -0.05) is 0 Å². The fourth-order valence-corrected chi connectivity index (χ4v) is 2.02. The molecule has 96 valence electrons. The van der Waals surface area contributed by atoms with Gasteiger partial charge in [-0.05, 0) is 24.3 Å². The standard InChI is InChI=1S/C14H10O5/c1-3-11-13(17-7-15-11)5-9(1)19-10-2-4-12-14(6-10)18-8-16-12/h1-6H,7-8H2. The van der Waals surface area contributed by atoms with Crippen molar-refractivity contribution < 1.29 is 23.7 Å². The van der Waals surface area contributed by atoms with Crippen molar-refractivity contribution in [2.45, 2.75) is 0 Å². The third-order valence-corrected chi connectivity index (χ3v) is 2.92. The van der Waals surface area contributed by atoms with E-state index in [2.05, 4.69) is 0 Å². The second-order valence-electron chi connectivity index (χ2n) is 4.13. The molecular formula is C14H10O5. The van der Waals surface area contributed by atoms with E-state index in [9.17, 15) is 0 Å². The van der Waals surface area contributed by atoms with E-state index in [0.717, 1.165) is 11.5 Å². The van der Waals surface area contributed by atoms with Gasteiger partial charge < -0.3 is 23.7 Å². The number of fused-ring (bicyclic) bond motifs is 2. The van der Waals surface area contributed by atoms with E-state index >= 15 is 0 Å². The second-order valence-corrected chi connectivity index (χ2v) is 4.13. The highest BCUT2D eigenvalue weighted by molar-refractivity contribution is 5.50. The zero-order valence-corrected chi connectivity index (χ0v) is 9.92. The smallest absolute Gasteiger partial charge is 0.231 e. The summed E-state index contributed by atoms with van der Waals surface area (Å²) in [7, 11) is 0. The van der Waals surface area contributed by atoms with Crippen LogP contribution < -0.4 is 23.7 Å². The third-order valence-electron chi connectivity index (χ3n) is 2.92. The van der Waals surface area contributed by atoms with Gasteiger partial charge in [-0.15, -0.1) is 0 Å². The Morgan fingerprint density at radius 2 is 1.11 bits per heavy atom. The summed E-state index contributed by atoms with van der Waals surface area (Å²) in [6.45, 7) is 0.506. The van der Waals surface area contributed by atoms with Gasteiger partial charge in [0.1, 0.15) is 11.5 Å². The van der Waals surface area contributed by atoms with Crippen molar-refractivity contribution in [1.29, 1.82) is 0 Å². The lowest BCUT2D eigenvalue weighted by atomic mass is 10.3. The average Bonchev–Trinajstić information content (AvgIpc) is 3.05. The summed E-state index contributed by atoms with van der Waals surface area (Å²) in [5, 5.41) is 0. The third kappa shape index (κ3) is 1.79. The second kappa shape index (κ2) is 3.98. The van der Waals surface area contributed by atoms with Crippen LogP contribution in [0.5, 0.6) is 34.5 Å². The van der Waals surface area contributed by atoms with Gasteiger partial charge in [0.2, 0.25) is 13.6 Å². The van der Waals surface area contributed by atoms with Crippen LogP contribution in [0.15, 0.2) is 36.4 Å². The molecule has 0 unspecified atom stereocenters. The van der Waals surface area contributed by atoms with E-state index in [1.165, 1.54) is 0 Å². The lowest BCUT2D eigenvalue weighted by Crippen LogP contribution is -1.93. The molecule has 0 aromatic heterocycles. The molecule has 2 aromatic rings. The number of ether oxygens (including phenoxy) is 5. The minimum atomic E-state index is 0.253. The molecular weight excluding hydrogens is 248 g/mol. The number of hydrogen-bond donors (Lipinski definition) is 0. The van der Waals surface area contributed by atoms with Crippen molar-refractivity contribution >= 4 is 0 Å². The van der Waals surface area contributed by atoms with Crippen molar-refractivity contribution in [3.63, 3.8) is 0 Å². The molecule has 2 aliphatic rings. The molecule has 0 fully saturated rings. The van der Waals surface area contributed by atoms with E-state index in [0.29, 0.717) is 23.0 Å². The van der Waals surface area contributed by atoms with E-state index in [4.69, 9.17) is 23.7 Å². The minimum Gasteiger partial charge on any atom is -0.457 e. The van der Waals surface area contributed by atoms with Gasteiger partial charge in [0.25, 0.3) is 0 Å². The molecule has 5 nitrogen and oxygen atoms in total. The molecule has 0 saturated heterocycles. The van der Waals surface area contributed by atoms with E-state index in [1.807, 2.05) is 24.3 Å². The van der Waals surface area contributed by atoms with Gasteiger partial charge in [0, 0.05) is 12.1 Å². The first-order chi connectivity index (χ1) is 9.38. The summed E-state index contributed by atoms with van der Waals surface area (Å²) in [5.41, 5.74) is 0. The van der Waals surface area contributed by atoms with Gasteiger partial charge >= 0.3 is 0 Å². The predicted molar refractivity (Wildman–Crippen MR) is 65.2 cm³/mol. The first-order valence-corrected chi connectivity index (χ1v) is 5.86. The van der Waals surface area contributed by atoms with Crippen LogP contribution in [0.3, 0.4) is 0 Å². The predicted octanol–water partition coefficient (Wildman–Crippen LogP) is 2.94. The molecule has 5 heteroatoms. The monoisotopic (exact) mass is 258 g/mol. The largest absolute Gasteiger partial charge is 0.457 e. The molecule has 0 amide bonds. The summed E-state index contributed by atoms with van der Waals surface area (Å²) in [4.78, 5) is 0. The Morgan fingerprint density at radius 3 is 1.63 bits per heavy atom. The SMILES string of the molecule is c1cc2c(cc1Oc1ccc3c(c1)OCO3)OCO2. The molecule has 19 heavy (non-hydrogen) atoms. The first kappa shape index (κ1) is 10.4. The maximum Gasteiger partial charge on any atom is 0.231 e. The van der Waals surface area contributed by atoms with Crippen LogP contribution in [0, 0.1) is 0 Å². The van der Waals surface area contributed by atoms with Crippen LogP contribution in [0.25, 0.3) is 0 Å². The van der Waals surface area contributed by atoms with Crippen molar-refractivity contribution in [3.8, 4) is 34.5 Å². The summed E-state index contributed by atoms with van der Waals surface area (Å²) < 4.78 is 26.9. The summed E-state index contributed by atoms with van der Waals surface area (Å²) in [5.74, 6) is 4.22. The van der Waals surface area contributed by atoms with E-state index < -0.39 is 0 Å². The molecule has 2 aliphatic heterocycles. The topological polar surface area (TPSA) is 46.2 Å². The maximum atomic E-state index is 5.76. The van der Waals surface area contributed by atoms with Crippen molar-refractivity contribution in [3.05, 3.63) is 36.4 Å². The lowest BCUT2D eigenvalue weighted by Gasteiger charge is -2.07. The Labute approximate surface area is 109 Å². The Bertz CT molecular complexity index is 582. The summed E-state index contributed by atoms with van der Waals surface area (Å²) >= 11 is 0. The van der Waals surface area contributed by atoms with Gasteiger partial charge in [-0.3, -0.25) is 0 Å². The molecule has 0 atom stereocenters. The van der Waals surface area contributed by atoms with Crippen LogP contribution in [-0.4, -0.2) is 13.6 Å². The molecule has 2 aromatic carbocycles. The molecule has 4 rings (SSSR count). The molecule has 2 heterocycles. The Morgan fingerprint density at radius 1 is 0.632 bits per heavy atom. The molecule has 0 N–H and O–H groups in total. The highest BCUT2D eigenvalue weighted by Crippen LogP contribution is 2.39. The number of hydrogen-bond acceptors (Lipinski definition) is 5. The zero-order valence-electron chi connectivity index (χ0n) is 9.92. The van der Waals surface area contributed by atoms with Crippen LogP contribution in [0.4, 0.5) is 0 Å². The molecule has 0 bridgehead atoms. The highest BCUT2D eigenvalue weighted by atomic mass is 16.7. The molecule has 0 aliphatic carbocycles. The van der Waals surface area contributed by atoms with Crippen molar-refractivity contribution in [2.24, 2.45) is 0 Å². The van der Waals surface area contributed by atoms with Gasteiger partial charge in [-0.2, -0.15) is 0 Å². The summed E-state index contributed by atoms with van der Waals surface area (Å²) in [6.07, 6.45) is 0. The normalized spacial score (nSPS) is 14.5. The fourth-order valence-electron chi connectivity index (χ4n) is 2.02.